The number of hydrogen-bond donors (Lipinski definition) is 3. The molecule has 0 bridgehead atoms. The van der Waals surface area contributed by atoms with E-state index >= 15 is 0 Å². The molecule has 0 aliphatic carbocycles. The predicted octanol–water partition coefficient (Wildman–Crippen LogP) is 5.25. The number of rotatable bonds is 7. The van der Waals surface area contributed by atoms with Gasteiger partial charge in [0.1, 0.15) is 6.61 Å². The number of aliphatic carboxylic acids is 1. The highest BCUT2D eigenvalue weighted by Crippen LogP contribution is 2.45. The lowest BCUT2D eigenvalue weighted by Gasteiger charge is -2.34. The molecule has 0 fully saturated rings. The SMILES string of the molecule is CC.Cc1ccc(C(c2ccc(N(C)N)c(N)c2C)C(C)(C)C(=O)O)cc1CN1CCOc2ncccc2C1. The molecule has 1 aliphatic rings. The van der Waals surface area contributed by atoms with Crippen molar-refractivity contribution in [1.29, 1.82) is 0 Å². The highest BCUT2D eigenvalue weighted by atomic mass is 16.5. The van der Waals surface area contributed by atoms with Crippen LogP contribution in [0, 0.1) is 19.3 Å². The number of hydrazine groups is 1. The number of nitrogens with two attached hydrogens (primary N) is 2. The summed E-state index contributed by atoms with van der Waals surface area (Å²) in [7, 11) is 1.73. The number of aryl methyl sites for hydroxylation is 1. The topological polar surface area (TPSA) is 118 Å². The van der Waals surface area contributed by atoms with E-state index in [1.54, 1.807) is 27.1 Å². The van der Waals surface area contributed by atoms with Gasteiger partial charge in [-0.15, -0.1) is 0 Å². The minimum atomic E-state index is -1.08. The lowest BCUT2D eigenvalue weighted by atomic mass is 9.69. The van der Waals surface area contributed by atoms with Gasteiger partial charge >= 0.3 is 5.97 Å². The van der Waals surface area contributed by atoms with Crippen LogP contribution < -0.4 is 21.3 Å². The lowest BCUT2D eigenvalue weighted by Crippen LogP contribution is -2.33. The second-order valence-corrected chi connectivity index (χ2v) is 10.5. The Balaban J connectivity index is 0.00000205. The molecule has 5 N–H and O–H groups in total. The first-order valence-corrected chi connectivity index (χ1v) is 13.5. The maximum absolute atomic E-state index is 12.5. The summed E-state index contributed by atoms with van der Waals surface area (Å²) in [6.07, 6.45) is 1.75. The van der Waals surface area contributed by atoms with Crippen molar-refractivity contribution < 1.29 is 14.6 Å². The van der Waals surface area contributed by atoms with Crippen LogP contribution in [-0.2, 0) is 17.9 Å². The first kappa shape index (κ1) is 29.9. The van der Waals surface area contributed by atoms with Crippen LogP contribution >= 0.6 is 0 Å². The Labute approximate surface area is 232 Å². The standard InChI is InChI=1S/C29H37N5O3.C2H6/c1-18-8-9-20(15-22(18)17-34-13-14-37-27-21(16-34)7-6-12-32-27)25(29(3,4)28(35)36)23-10-11-24(33(5)31)26(30)19(23)2;1-2/h6-12,15,25H,13-14,16-17,30-31H2,1-5H3,(H,35,36);1-2H3. The zero-order valence-electron chi connectivity index (χ0n) is 24.3. The number of nitrogens with zero attached hydrogens (tertiary/aromatic N) is 3. The Bertz CT molecular complexity index is 1310. The van der Waals surface area contributed by atoms with E-state index in [0.717, 1.165) is 53.0 Å². The molecule has 8 nitrogen and oxygen atoms in total. The van der Waals surface area contributed by atoms with Gasteiger partial charge in [-0.3, -0.25) is 9.69 Å². The average Bonchev–Trinajstić information content (AvgIpc) is 3.11. The number of hydrogen-bond acceptors (Lipinski definition) is 7. The molecule has 1 aromatic heterocycles. The largest absolute Gasteiger partial charge is 0.481 e. The molecule has 0 radical (unpaired) electrons. The summed E-state index contributed by atoms with van der Waals surface area (Å²) in [5, 5.41) is 11.7. The molecule has 0 saturated heterocycles. The van der Waals surface area contributed by atoms with Crippen LogP contribution in [0.1, 0.15) is 67.0 Å². The molecule has 1 atom stereocenters. The summed E-state index contributed by atoms with van der Waals surface area (Å²) >= 11 is 0. The van der Waals surface area contributed by atoms with Crippen LogP contribution in [0.15, 0.2) is 48.7 Å². The smallest absolute Gasteiger partial charge is 0.310 e. The third-order valence-electron chi connectivity index (χ3n) is 7.49. The molecule has 210 valence electrons. The van der Waals surface area contributed by atoms with Crippen LogP contribution in [0.3, 0.4) is 0 Å². The number of fused-ring (bicyclic) bond motifs is 1. The van der Waals surface area contributed by atoms with Gasteiger partial charge in [0, 0.05) is 44.4 Å². The van der Waals surface area contributed by atoms with E-state index < -0.39 is 17.3 Å². The molecule has 0 spiro atoms. The maximum Gasteiger partial charge on any atom is 0.310 e. The van der Waals surface area contributed by atoms with Crippen LogP contribution in [0.5, 0.6) is 5.88 Å². The molecular formula is C31H43N5O3. The van der Waals surface area contributed by atoms with E-state index in [0.29, 0.717) is 23.9 Å². The van der Waals surface area contributed by atoms with E-state index in [1.807, 2.05) is 51.1 Å². The fourth-order valence-corrected chi connectivity index (χ4v) is 5.14. The minimum absolute atomic E-state index is 0.416. The Hall–Kier alpha value is -3.62. The Morgan fingerprint density at radius 3 is 2.59 bits per heavy atom. The highest BCUT2D eigenvalue weighted by Gasteiger charge is 2.40. The zero-order chi connectivity index (χ0) is 28.9. The number of pyridine rings is 1. The molecular weight excluding hydrogens is 490 g/mol. The third kappa shape index (κ3) is 6.34. The van der Waals surface area contributed by atoms with Gasteiger partial charge < -0.3 is 20.6 Å². The van der Waals surface area contributed by atoms with E-state index in [1.165, 1.54) is 5.01 Å². The minimum Gasteiger partial charge on any atom is -0.481 e. The van der Waals surface area contributed by atoms with E-state index in [4.69, 9.17) is 16.3 Å². The fourth-order valence-electron chi connectivity index (χ4n) is 5.14. The molecule has 39 heavy (non-hydrogen) atoms. The number of carbonyl (C=O) groups is 1. The number of aromatic nitrogens is 1. The number of carboxylic acids is 1. The van der Waals surface area contributed by atoms with Gasteiger partial charge in [-0.05, 0) is 67.6 Å². The second kappa shape index (κ2) is 12.5. The fraction of sp³-hybridized carbons (Fsp3) is 0.419. The van der Waals surface area contributed by atoms with E-state index in [2.05, 4.69) is 28.9 Å². The van der Waals surface area contributed by atoms with Gasteiger partial charge in [-0.2, -0.15) is 0 Å². The second-order valence-electron chi connectivity index (χ2n) is 10.5. The van der Waals surface area contributed by atoms with Crippen molar-refractivity contribution in [2.75, 3.05) is 30.9 Å². The summed E-state index contributed by atoms with van der Waals surface area (Å²) in [5.41, 5.74) is 12.7. The van der Waals surface area contributed by atoms with E-state index in [9.17, 15) is 9.90 Å². The normalized spacial score (nSPS) is 14.3. The first-order chi connectivity index (χ1) is 18.5. The first-order valence-electron chi connectivity index (χ1n) is 13.5. The van der Waals surface area contributed by atoms with Gasteiger partial charge in [0.15, 0.2) is 0 Å². The quantitative estimate of drug-likeness (QED) is 0.214. The van der Waals surface area contributed by atoms with Gasteiger partial charge in [0.2, 0.25) is 5.88 Å². The summed E-state index contributed by atoms with van der Waals surface area (Å²) < 4.78 is 5.85. The third-order valence-corrected chi connectivity index (χ3v) is 7.49. The van der Waals surface area contributed by atoms with Crippen LogP contribution in [0.4, 0.5) is 11.4 Å². The molecule has 2 aromatic carbocycles. The predicted molar refractivity (Wildman–Crippen MR) is 158 cm³/mol. The molecule has 0 saturated carbocycles. The molecule has 8 heteroatoms. The van der Waals surface area contributed by atoms with Crippen molar-refractivity contribution in [2.24, 2.45) is 11.3 Å². The highest BCUT2D eigenvalue weighted by molar-refractivity contribution is 5.78. The van der Waals surface area contributed by atoms with Gasteiger partial charge in [0.25, 0.3) is 0 Å². The molecule has 3 aromatic rings. The number of benzene rings is 2. The maximum atomic E-state index is 12.5. The van der Waals surface area contributed by atoms with Crippen molar-refractivity contribution >= 4 is 17.3 Å². The summed E-state index contributed by atoms with van der Waals surface area (Å²) in [4.78, 5) is 19.2. The van der Waals surface area contributed by atoms with Crippen LogP contribution in [0.25, 0.3) is 0 Å². The summed E-state index contributed by atoms with van der Waals surface area (Å²) in [5.74, 6) is 5.37. The van der Waals surface area contributed by atoms with Crippen molar-refractivity contribution in [2.45, 2.75) is 60.5 Å². The Kier molecular flexibility index (Phi) is 9.59. The molecule has 1 aliphatic heterocycles. The number of nitrogen functional groups attached to an aromatic ring is 1. The van der Waals surface area contributed by atoms with Crippen molar-refractivity contribution in [3.8, 4) is 5.88 Å². The van der Waals surface area contributed by atoms with Gasteiger partial charge in [0.05, 0.1) is 16.8 Å². The molecule has 2 heterocycles. The summed E-state index contributed by atoms with van der Waals surface area (Å²) in [6, 6.07) is 14.1. The molecule has 4 rings (SSSR count). The van der Waals surface area contributed by atoms with Crippen molar-refractivity contribution in [3.63, 3.8) is 0 Å². The number of carboxylic acid groups (broad SMARTS) is 1. The average molecular weight is 534 g/mol. The monoisotopic (exact) mass is 533 g/mol. The Morgan fingerprint density at radius 1 is 1.21 bits per heavy atom. The number of ether oxygens (including phenoxy) is 1. The van der Waals surface area contributed by atoms with E-state index in [-0.39, 0.29) is 0 Å². The lowest BCUT2D eigenvalue weighted by molar-refractivity contribution is -0.147. The summed E-state index contributed by atoms with van der Waals surface area (Å²) in [6.45, 7) is 14.4. The molecule has 1 unspecified atom stereocenters. The van der Waals surface area contributed by atoms with Gasteiger partial charge in [-0.25, -0.2) is 10.8 Å². The van der Waals surface area contributed by atoms with Crippen LogP contribution in [-0.4, -0.2) is 41.2 Å². The zero-order valence-corrected chi connectivity index (χ0v) is 24.3. The van der Waals surface area contributed by atoms with Gasteiger partial charge in [-0.1, -0.05) is 44.2 Å². The van der Waals surface area contributed by atoms with Crippen molar-refractivity contribution in [3.05, 3.63) is 82.0 Å². The Morgan fingerprint density at radius 2 is 1.92 bits per heavy atom. The number of anilines is 2. The van der Waals surface area contributed by atoms with Crippen molar-refractivity contribution in [1.82, 2.24) is 9.88 Å². The van der Waals surface area contributed by atoms with Crippen LogP contribution in [0.2, 0.25) is 0 Å². The molecule has 0 amide bonds.